The third-order valence-corrected chi connectivity index (χ3v) is 2.95. The highest BCUT2D eigenvalue weighted by atomic mass is 19.1. The van der Waals surface area contributed by atoms with Crippen molar-refractivity contribution in [2.75, 3.05) is 12.4 Å². The summed E-state index contributed by atoms with van der Waals surface area (Å²) in [6.07, 6.45) is 0.215. The first-order valence-corrected chi connectivity index (χ1v) is 6.27. The van der Waals surface area contributed by atoms with Crippen LogP contribution in [0.3, 0.4) is 0 Å². The van der Waals surface area contributed by atoms with E-state index >= 15 is 0 Å². The van der Waals surface area contributed by atoms with E-state index < -0.39 is 0 Å². The van der Waals surface area contributed by atoms with Crippen LogP contribution in [0.5, 0.6) is 5.75 Å². The Morgan fingerprint density at radius 3 is 2.75 bits per heavy atom. The first kappa shape index (κ1) is 14.1. The quantitative estimate of drug-likeness (QED) is 0.928. The summed E-state index contributed by atoms with van der Waals surface area (Å²) in [6, 6.07) is 11.9. The van der Waals surface area contributed by atoms with Crippen LogP contribution in [0.1, 0.15) is 11.1 Å². The Labute approximate surface area is 117 Å². The van der Waals surface area contributed by atoms with E-state index in [1.54, 1.807) is 32.2 Å². The second-order valence-electron chi connectivity index (χ2n) is 4.54. The summed E-state index contributed by atoms with van der Waals surface area (Å²) >= 11 is 0. The molecule has 0 unspecified atom stereocenters. The van der Waals surface area contributed by atoms with Gasteiger partial charge in [0, 0.05) is 5.69 Å². The van der Waals surface area contributed by atoms with Crippen LogP contribution < -0.4 is 10.1 Å². The second-order valence-corrected chi connectivity index (χ2v) is 4.54. The molecule has 0 radical (unpaired) electrons. The van der Waals surface area contributed by atoms with Gasteiger partial charge < -0.3 is 10.1 Å². The molecular formula is C16H16FNO2. The number of rotatable bonds is 4. The predicted octanol–water partition coefficient (Wildman–Crippen LogP) is 3.32. The van der Waals surface area contributed by atoms with E-state index in [0.29, 0.717) is 17.0 Å². The summed E-state index contributed by atoms with van der Waals surface area (Å²) in [5, 5.41) is 2.68. The minimum atomic E-state index is -0.329. The van der Waals surface area contributed by atoms with Crippen molar-refractivity contribution >= 4 is 11.6 Å². The van der Waals surface area contributed by atoms with Crippen molar-refractivity contribution < 1.29 is 13.9 Å². The number of ether oxygens (including phenoxy) is 1. The summed E-state index contributed by atoms with van der Waals surface area (Å²) in [7, 11) is 1.58. The average molecular weight is 273 g/mol. The molecule has 0 saturated carbocycles. The van der Waals surface area contributed by atoms with Crippen LogP contribution in [-0.2, 0) is 11.2 Å². The lowest BCUT2D eigenvalue weighted by Crippen LogP contribution is -2.14. The first-order valence-electron chi connectivity index (χ1n) is 6.27. The smallest absolute Gasteiger partial charge is 0.228 e. The molecule has 0 heterocycles. The molecule has 3 nitrogen and oxygen atoms in total. The summed E-state index contributed by atoms with van der Waals surface area (Å²) in [5.74, 6) is 0.183. The van der Waals surface area contributed by atoms with Gasteiger partial charge >= 0.3 is 0 Å². The lowest BCUT2D eigenvalue weighted by atomic mass is 10.1. The number of benzene rings is 2. The molecule has 0 aliphatic carbocycles. The van der Waals surface area contributed by atoms with Gasteiger partial charge in [-0.05, 0) is 42.3 Å². The fourth-order valence-corrected chi connectivity index (χ4v) is 1.84. The molecule has 2 aromatic rings. The van der Waals surface area contributed by atoms with Gasteiger partial charge in [0.2, 0.25) is 5.91 Å². The minimum absolute atomic E-state index is 0.193. The number of carbonyl (C=O) groups is 1. The number of nitrogens with one attached hydrogen (secondary N) is 1. The predicted molar refractivity (Wildman–Crippen MR) is 76.5 cm³/mol. The highest BCUT2D eigenvalue weighted by molar-refractivity contribution is 5.92. The number of hydrogen-bond acceptors (Lipinski definition) is 2. The molecule has 20 heavy (non-hydrogen) atoms. The van der Waals surface area contributed by atoms with Gasteiger partial charge in [0.1, 0.15) is 11.6 Å². The number of anilines is 1. The van der Waals surface area contributed by atoms with Crippen molar-refractivity contribution in [2.45, 2.75) is 13.3 Å². The van der Waals surface area contributed by atoms with Crippen LogP contribution in [0.2, 0.25) is 0 Å². The van der Waals surface area contributed by atoms with Crippen LogP contribution in [-0.4, -0.2) is 13.0 Å². The number of methoxy groups -OCH3 is 1. The zero-order valence-electron chi connectivity index (χ0n) is 11.4. The zero-order valence-corrected chi connectivity index (χ0v) is 11.4. The Hall–Kier alpha value is -2.36. The molecule has 4 heteroatoms. The van der Waals surface area contributed by atoms with E-state index in [0.717, 1.165) is 5.56 Å². The van der Waals surface area contributed by atoms with Gasteiger partial charge in [-0.3, -0.25) is 4.79 Å². The van der Waals surface area contributed by atoms with Gasteiger partial charge in [-0.15, -0.1) is 0 Å². The maximum Gasteiger partial charge on any atom is 0.228 e. The molecule has 2 rings (SSSR count). The van der Waals surface area contributed by atoms with Crippen molar-refractivity contribution in [3.05, 3.63) is 59.4 Å². The van der Waals surface area contributed by atoms with Crippen LogP contribution >= 0.6 is 0 Å². The molecule has 0 bridgehead atoms. The van der Waals surface area contributed by atoms with Gasteiger partial charge in [-0.2, -0.15) is 0 Å². The van der Waals surface area contributed by atoms with Crippen LogP contribution in [0.25, 0.3) is 0 Å². The fraction of sp³-hybridized carbons (Fsp3) is 0.188. The average Bonchev–Trinajstić information content (AvgIpc) is 2.43. The maximum absolute atomic E-state index is 13.4. The third kappa shape index (κ3) is 3.57. The van der Waals surface area contributed by atoms with E-state index in [1.165, 1.54) is 6.07 Å². The number of amides is 1. The van der Waals surface area contributed by atoms with E-state index in [2.05, 4.69) is 5.32 Å². The van der Waals surface area contributed by atoms with Crippen molar-refractivity contribution in [1.82, 2.24) is 0 Å². The van der Waals surface area contributed by atoms with Crippen molar-refractivity contribution in [3.8, 4) is 5.75 Å². The fourth-order valence-electron chi connectivity index (χ4n) is 1.84. The molecule has 0 aromatic heterocycles. The number of aryl methyl sites for hydroxylation is 1. The molecule has 0 spiro atoms. The Morgan fingerprint density at radius 2 is 2.05 bits per heavy atom. The summed E-state index contributed by atoms with van der Waals surface area (Å²) in [5.41, 5.74) is 1.85. The maximum atomic E-state index is 13.4. The molecule has 0 fully saturated rings. The Balaban J connectivity index is 2.03. The second kappa shape index (κ2) is 6.19. The third-order valence-electron chi connectivity index (χ3n) is 2.95. The van der Waals surface area contributed by atoms with Crippen LogP contribution in [0.4, 0.5) is 10.1 Å². The lowest BCUT2D eigenvalue weighted by Gasteiger charge is -2.07. The van der Waals surface area contributed by atoms with Crippen molar-refractivity contribution in [1.29, 1.82) is 0 Å². The topological polar surface area (TPSA) is 38.3 Å². The van der Waals surface area contributed by atoms with Crippen molar-refractivity contribution in [3.63, 3.8) is 0 Å². The van der Waals surface area contributed by atoms with Crippen LogP contribution in [0.15, 0.2) is 42.5 Å². The standard InChI is InChI=1S/C16H16FNO2/c1-11-6-7-13(10-15(11)17)18-16(19)9-12-4-3-5-14(8-12)20-2/h3-8,10H,9H2,1-2H3,(H,18,19). The van der Waals surface area contributed by atoms with E-state index in [1.807, 2.05) is 18.2 Å². The molecule has 1 amide bonds. The van der Waals surface area contributed by atoms with Gasteiger partial charge in [-0.1, -0.05) is 18.2 Å². The van der Waals surface area contributed by atoms with E-state index in [9.17, 15) is 9.18 Å². The van der Waals surface area contributed by atoms with Gasteiger partial charge in [0.15, 0.2) is 0 Å². The van der Waals surface area contributed by atoms with Gasteiger partial charge in [0.25, 0.3) is 0 Å². The zero-order chi connectivity index (χ0) is 14.5. The molecule has 104 valence electrons. The molecule has 2 aromatic carbocycles. The summed E-state index contributed by atoms with van der Waals surface area (Å²) < 4.78 is 18.5. The Morgan fingerprint density at radius 1 is 1.25 bits per heavy atom. The van der Waals surface area contributed by atoms with E-state index in [-0.39, 0.29) is 18.1 Å². The Kier molecular flexibility index (Phi) is 4.35. The Bertz CT molecular complexity index is 626. The van der Waals surface area contributed by atoms with Gasteiger partial charge in [0.05, 0.1) is 13.5 Å². The highest BCUT2D eigenvalue weighted by Crippen LogP contribution is 2.16. The monoisotopic (exact) mass is 273 g/mol. The summed E-state index contributed by atoms with van der Waals surface area (Å²) in [4.78, 5) is 11.9. The molecule has 0 aliphatic heterocycles. The highest BCUT2D eigenvalue weighted by Gasteiger charge is 2.06. The summed E-state index contributed by atoms with van der Waals surface area (Å²) in [6.45, 7) is 1.68. The SMILES string of the molecule is COc1cccc(CC(=O)Nc2ccc(C)c(F)c2)c1. The number of carbonyl (C=O) groups excluding carboxylic acids is 1. The number of halogens is 1. The van der Waals surface area contributed by atoms with Crippen LogP contribution in [0, 0.1) is 12.7 Å². The molecular weight excluding hydrogens is 257 g/mol. The van der Waals surface area contributed by atoms with Gasteiger partial charge in [-0.25, -0.2) is 4.39 Å². The first-order chi connectivity index (χ1) is 9.58. The molecule has 0 saturated heterocycles. The van der Waals surface area contributed by atoms with Crippen molar-refractivity contribution in [2.24, 2.45) is 0 Å². The normalized spacial score (nSPS) is 10.2. The largest absolute Gasteiger partial charge is 0.497 e. The molecule has 0 atom stereocenters. The molecule has 0 aliphatic rings. The number of hydrogen-bond donors (Lipinski definition) is 1. The molecule has 1 N–H and O–H groups in total. The van der Waals surface area contributed by atoms with E-state index in [4.69, 9.17) is 4.74 Å². The lowest BCUT2D eigenvalue weighted by molar-refractivity contribution is -0.115. The minimum Gasteiger partial charge on any atom is -0.497 e.